The van der Waals surface area contributed by atoms with Gasteiger partial charge in [0.05, 0.1) is 5.75 Å². The van der Waals surface area contributed by atoms with Crippen LogP contribution in [0.25, 0.3) is 0 Å². The van der Waals surface area contributed by atoms with Gasteiger partial charge in [0.1, 0.15) is 0 Å². The Balaban J connectivity index is 2.20. The molecular weight excluding hydrogens is 269 g/mol. The van der Waals surface area contributed by atoms with E-state index in [1.54, 1.807) is 24.3 Å². The Hall–Kier alpha value is -2.02. The number of hydrogen-bond acceptors (Lipinski definition) is 5. The summed E-state index contributed by atoms with van der Waals surface area (Å²) >= 11 is 0. The van der Waals surface area contributed by atoms with Gasteiger partial charge in [-0.1, -0.05) is 12.1 Å². The van der Waals surface area contributed by atoms with Gasteiger partial charge in [-0.3, -0.25) is 0 Å². The molecule has 0 aliphatic heterocycles. The second-order valence-corrected chi connectivity index (χ2v) is 6.24. The van der Waals surface area contributed by atoms with Crippen LogP contribution in [0, 0.1) is 5.95 Å². The van der Waals surface area contributed by atoms with E-state index < -0.39 is 15.8 Å². The number of halogens is 1. The largest absolute Gasteiger partial charge is 0.324 e. The molecule has 5 nitrogen and oxygen atoms in total. The molecule has 0 aliphatic rings. The number of benzene rings is 1. The van der Waals surface area contributed by atoms with E-state index in [2.05, 4.69) is 15.3 Å². The molecule has 0 saturated carbocycles. The van der Waals surface area contributed by atoms with Crippen molar-refractivity contribution in [1.82, 2.24) is 9.97 Å². The minimum absolute atomic E-state index is 0.0491. The van der Waals surface area contributed by atoms with Crippen molar-refractivity contribution < 1.29 is 12.8 Å². The normalized spacial score (nSPS) is 11.3. The first-order valence-corrected chi connectivity index (χ1v) is 7.51. The SMILES string of the molecule is CS(=O)(=O)Cc1cccc(Nc2nccc(F)n2)c1. The third-order valence-electron chi connectivity index (χ3n) is 2.23. The standard InChI is InChI=1S/C12H12FN3O2S/c1-19(17,18)8-9-3-2-4-10(7-9)15-12-14-6-5-11(13)16-12/h2-7H,8H2,1H3,(H,14,15,16). The number of sulfone groups is 1. The maximum atomic E-state index is 12.9. The average molecular weight is 281 g/mol. The van der Waals surface area contributed by atoms with Crippen LogP contribution in [0.5, 0.6) is 0 Å². The van der Waals surface area contributed by atoms with Crippen molar-refractivity contribution >= 4 is 21.5 Å². The molecule has 1 heterocycles. The Morgan fingerprint density at radius 3 is 2.79 bits per heavy atom. The van der Waals surface area contributed by atoms with Gasteiger partial charge in [-0.15, -0.1) is 0 Å². The summed E-state index contributed by atoms with van der Waals surface area (Å²) in [7, 11) is -3.09. The van der Waals surface area contributed by atoms with Crippen LogP contribution in [0.1, 0.15) is 5.56 Å². The average Bonchev–Trinajstić information content (AvgIpc) is 2.27. The van der Waals surface area contributed by atoms with E-state index in [1.807, 2.05) is 0 Å². The number of anilines is 2. The van der Waals surface area contributed by atoms with Crippen molar-refractivity contribution in [1.29, 1.82) is 0 Å². The molecule has 0 bridgehead atoms. The van der Waals surface area contributed by atoms with Crippen molar-refractivity contribution in [3.05, 3.63) is 48.0 Å². The number of hydrogen-bond donors (Lipinski definition) is 1. The summed E-state index contributed by atoms with van der Waals surface area (Å²) in [5.74, 6) is -0.562. The molecule has 1 N–H and O–H groups in total. The fraction of sp³-hybridized carbons (Fsp3) is 0.167. The maximum Gasteiger partial charge on any atom is 0.229 e. The van der Waals surface area contributed by atoms with Crippen molar-refractivity contribution in [3.8, 4) is 0 Å². The van der Waals surface area contributed by atoms with E-state index in [0.29, 0.717) is 11.3 Å². The lowest BCUT2D eigenvalue weighted by Gasteiger charge is -2.06. The molecule has 0 fully saturated rings. The molecule has 0 radical (unpaired) electrons. The summed E-state index contributed by atoms with van der Waals surface area (Å²) in [5, 5.41) is 2.81. The van der Waals surface area contributed by atoms with Crippen LogP contribution in [0.15, 0.2) is 36.5 Å². The van der Waals surface area contributed by atoms with Gasteiger partial charge in [-0.25, -0.2) is 13.4 Å². The summed E-state index contributed by atoms with van der Waals surface area (Å²) in [4.78, 5) is 7.42. The lowest BCUT2D eigenvalue weighted by atomic mass is 10.2. The van der Waals surface area contributed by atoms with Crippen LogP contribution in [0.3, 0.4) is 0 Å². The number of rotatable bonds is 4. The Bertz CT molecular complexity index is 689. The molecule has 100 valence electrons. The van der Waals surface area contributed by atoms with Crippen molar-refractivity contribution in [2.24, 2.45) is 0 Å². The minimum Gasteiger partial charge on any atom is -0.324 e. The molecule has 0 unspecified atom stereocenters. The summed E-state index contributed by atoms with van der Waals surface area (Å²) in [6, 6.07) is 7.95. The lowest BCUT2D eigenvalue weighted by Crippen LogP contribution is -2.02. The first-order chi connectivity index (χ1) is 8.92. The van der Waals surface area contributed by atoms with Crippen LogP contribution in [0.4, 0.5) is 16.0 Å². The predicted octanol–water partition coefficient (Wildman–Crippen LogP) is 1.90. The van der Waals surface area contributed by atoms with E-state index in [0.717, 1.165) is 6.07 Å². The third-order valence-corrected chi connectivity index (χ3v) is 3.09. The van der Waals surface area contributed by atoms with Gasteiger partial charge < -0.3 is 5.32 Å². The van der Waals surface area contributed by atoms with Gasteiger partial charge in [0.25, 0.3) is 0 Å². The van der Waals surface area contributed by atoms with E-state index in [4.69, 9.17) is 0 Å². The van der Waals surface area contributed by atoms with Crippen molar-refractivity contribution in [3.63, 3.8) is 0 Å². The lowest BCUT2D eigenvalue weighted by molar-refractivity contribution is 0.582. The smallest absolute Gasteiger partial charge is 0.229 e. The zero-order chi connectivity index (χ0) is 13.9. The highest BCUT2D eigenvalue weighted by Crippen LogP contribution is 2.16. The third kappa shape index (κ3) is 4.29. The summed E-state index contributed by atoms with van der Waals surface area (Å²) in [6.07, 6.45) is 2.47. The Morgan fingerprint density at radius 1 is 1.32 bits per heavy atom. The Morgan fingerprint density at radius 2 is 2.11 bits per heavy atom. The van der Waals surface area contributed by atoms with Crippen molar-refractivity contribution in [2.75, 3.05) is 11.6 Å². The second-order valence-electron chi connectivity index (χ2n) is 4.10. The van der Waals surface area contributed by atoms with Gasteiger partial charge in [-0.2, -0.15) is 9.37 Å². The highest BCUT2D eigenvalue weighted by Gasteiger charge is 2.06. The summed E-state index contributed by atoms with van der Waals surface area (Å²) in [6.45, 7) is 0. The molecule has 0 spiro atoms. The van der Waals surface area contributed by atoms with E-state index >= 15 is 0 Å². The molecule has 0 amide bonds. The number of nitrogens with zero attached hydrogens (tertiary/aromatic N) is 2. The molecule has 0 aliphatic carbocycles. The topological polar surface area (TPSA) is 72.0 Å². The van der Waals surface area contributed by atoms with Crippen LogP contribution in [0.2, 0.25) is 0 Å². The van der Waals surface area contributed by atoms with Gasteiger partial charge in [-0.05, 0) is 17.7 Å². The summed E-state index contributed by atoms with van der Waals surface area (Å²) < 4.78 is 35.3. The first kappa shape index (κ1) is 13.4. The molecule has 19 heavy (non-hydrogen) atoms. The van der Waals surface area contributed by atoms with Crippen molar-refractivity contribution in [2.45, 2.75) is 5.75 Å². The quantitative estimate of drug-likeness (QED) is 0.867. The molecular formula is C12H12FN3O2S. The van der Waals surface area contributed by atoms with Crippen LogP contribution in [-0.4, -0.2) is 24.6 Å². The fourth-order valence-electron chi connectivity index (χ4n) is 1.57. The highest BCUT2D eigenvalue weighted by molar-refractivity contribution is 7.89. The molecule has 2 aromatic rings. The van der Waals surface area contributed by atoms with E-state index in [1.165, 1.54) is 12.5 Å². The Kier molecular flexibility index (Phi) is 3.75. The molecule has 2 rings (SSSR count). The van der Waals surface area contributed by atoms with Crippen LogP contribution < -0.4 is 5.32 Å². The highest BCUT2D eigenvalue weighted by atomic mass is 32.2. The van der Waals surface area contributed by atoms with Gasteiger partial charge in [0, 0.05) is 24.2 Å². The van der Waals surface area contributed by atoms with Gasteiger partial charge >= 0.3 is 0 Å². The van der Waals surface area contributed by atoms with Gasteiger partial charge in [0.2, 0.25) is 11.9 Å². The molecule has 1 aromatic carbocycles. The monoisotopic (exact) mass is 281 g/mol. The number of aromatic nitrogens is 2. The van der Waals surface area contributed by atoms with Crippen LogP contribution in [-0.2, 0) is 15.6 Å². The van der Waals surface area contributed by atoms with Gasteiger partial charge in [0.15, 0.2) is 9.84 Å². The zero-order valence-electron chi connectivity index (χ0n) is 10.2. The molecule has 1 aromatic heterocycles. The minimum atomic E-state index is -3.09. The Labute approximate surface area is 110 Å². The predicted molar refractivity (Wildman–Crippen MR) is 70.3 cm³/mol. The molecule has 7 heteroatoms. The number of nitrogens with one attached hydrogen (secondary N) is 1. The summed E-state index contributed by atoms with van der Waals surface area (Å²) in [5.41, 5.74) is 1.25. The first-order valence-electron chi connectivity index (χ1n) is 5.45. The second kappa shape index (κ2) is 5.31. The molecule has 0 atom stereocenters. The molecule has 0 saturated heterocycles. The van der Waals surface area contributed by atoms with E-state index in [-0.39, 0.29) is 11.7 Å². The fourth-order valence-corrected chi connectivity index (χ4v) is 2.35. The van der Waals surface area contributed by atoms with Crippen LogP contribution >= 0.6 is 0 Å². The zero-order valence-corrected chi connectivity index (χ0v) is 11.0. The maximum absolute atomic E-state index is 12.9. The van der Waals surface area contributed by atoms with E-state index in [9.17, 15) is 12.8 Å².